The number of benzene rings is 2. The van der Waals surface area contributed by atoms with Crippen molar-refractivity contribution in [3.05, 3.63) is 58.3 Å². The third-order valence-corrected chi connectivity index (χ3v) is 8.71. The minimum Gasteiger partial charge on any atom is -0.504 e. The van der Waals surface area contributed by atoms with E-state index >= 15 is 0 Å². The normalized spacial score (nSPS) is 19.2. The fraction of sp³-hybridized carbons (Fsp3) is 0.438. The number of fused-ring (bicyclic) bond motifs is 1. The Hall–Kier alpha value is -4.96. The molecule has 2 aliphatic rings. The molecule has 2 unspecified atom stereocenters. The Morgan fingerprint density at radius 1 is 0.875 bits per heavy atom. The number of rotatable bonds is 15. The van der Waals surface area contributed by atoms with Crippen LogP contribution in [0.1, 0.15) is 53.8 Å². The van der Waals surface area contributed by atoms with E-state index in [-0.39, 0.29) is 31.2 Å². The summed E-state index contributed by atoms with van der Waals surface area (Å²) in [5.41, 5.74) is -0.564. The molecule has 48 heavy (non-hydrogen) atoms. The molecule has 0 bridgehead atoms. The van der Waals surface area contributed by atoms with Crippen molar-refractivity contribution < 1.29 is 58.6 Å². The number of phenolic OH excluding ortho intramolecular Hbond substituents is 4. The number of nitrogens with one attached hydrogen (secondary N) is 2. The van der Waals surface area contributed by atoms with Crippen LogP contribution in [0, 0.1) is 23.5 Å². The number of aliphatic hydroxyl groups is 1. The smallest absolute Gasteiger partial charge is 0.352 e. The Labute approximate surface area is 273 Å². The highest BCUT2D eigenvalue weighted by Gasteiger charge is 2.59. The highest BCUT2D eigenvalue weighted by molar-refractivity contribution is 6.00. The first kappa shape index (κ1) is 35.9. The van der Waals surface area contributed by atoms with E-state index in [0.29, 0.717) is 37.9 Å². The van der Waals surface area contributed by atoms with Crippen molar-refractivity contribution in [2.75, 3.05) is 32.7 Å². The lowest BCUT2D eigenvalue weighted by molar-refractivity contribution is -0.163. The van der Waals surface area contributed by atoms with Crippen LogP contribution in [0.3, 0.4) is 0 Å². The number of hydrogen-bond acceptors (Lipinski definition) is 10. The SMILES string of the molecule is CC(O)C1C(=O)N2C(C(=O)O)=C(CN(CCCCNC(=O)c3ccc(O)c(O)c3F)CCCNC(=O)c3ccc(O)c(O)c3F)[C@H](C)[C@H]12. The number of nitrogens with zero attached hydrogens (tertiary/aromatic N) is 2. The quantitative estimate of drug-likeness (QED) is 0.0770. The number of aromatic hydroxyl groups is 4. The summed E-state index contributed by atoms with van der Waals surface area (Å²) in [6, 6.07) is 3.52. The van der Waals surface area contributed by atoms with Gasteiger partial charge < -0.3 is 46.2 Å². The van der Waals surface area contributed by atoms with Crippen LogP contribution in [0.15, 0.2) is 35.5 Å². The van der Waals surface area contributed by atoms with E-state index in [1.807, 2.05) is 4.90 Å². The first-order valence-corrected chi connectivity index (χ1v) is 15.3. The average Bonchev–Trinajstić information content (AvgIpc) is 3.27. The lowest BCUT2D eigenvalue weighted by Crippen LogP contribution is -2.63. The highest BCUT2D eigenvalue weighted by atomic mass is 19.1. The van der Waals surface area contributed by atoms with E-state index in [0.717, 1.165) is 24.3 Å². The zero-order valence-corrected chi connectivity index (χ0v) is 26.2. The number of hydrogen-bond donors (Lipinski definition) is 8. The maximum absolute atomic E-state index is 14.2. The molecule has 2 aromatic carbocycles. The molecule has 260 valence electrons. The van der Waals surface area contributed by atoms with Gasteiger partial charge in [0.25, 0.3) is 11.8 Å². The van der Waals surface area contributed by atoms with Gasteiger partial charge in [0.2, 0.25) is 5.91 Å². The van der Waals surface area contributed by atoms with E-state index in [4.69, 9.17) is 0 Å². The van der Waals surface area contributed by atoms with Gasteiger partial charge in [-0.3, -0.25) is 19.3 Å². The van der Waals surface area contributed by atoms with Crippen molar-refractivity contribution in [1.29, 1.82) is 0 Å². The second kappa shape index (κ2) is 14.9. The number of carbonyl (C=O) groups is 4. The number of phenols is 4. The minimum absolute atomic E-state index is 0.0647. The summed E-state index contributed by atoms with van der Waals surface area (Å²) in [5, 5.41) is 63.2. The van der Waals surface area contributed by atoms with Crippen LogP contribution >= 0.6 is 0 Å². The molecular formula is C32H38F2N4O10. The molecule has 2 aromatic rings. The molecule has 0 radical (unpaired) electrons. The lowest BCUT2D eigenvalue weighted by Gasteiger charge is -2.46. The van der Waals surface area contributed by atoms with Gasteiger partial charge in [0.05, 0.1) is 29.2 Å². The third kappa shape index (κ3) is 7.13. The molecule has 0 aliphatic carbocycles. The largest absolute Gasteiger partial charge is 0.504 e. The average molecular weight is 677 g/mol. The van der Waals surface area contributed by atoms with Gasteiger partial charge in [-0.1, -0.05) is 6.92 Å². The number of amides is 3. The molecule has 2 aliphatic heterocycles. The van der Waals surface area contributed by atoms with Crippen LogP contribution in [-0.2, 0) is 9.59 Å². The minimum atomic E-state index is -1.28. The van der Waals surface area contributed by atoms with Gasteiger partial charge in [-0.2, -0.15) is 0 Å². The van der Waals surface area contributed by atoms with Gasteiger partial charge in [-0.05, 0) is 62.6 Å². The number of aliphatic hydroxyl groups excluding tert-OH is 1. The zero-order valence-electron chi connectivity index (χ0n) is 26.2. The molecule has 4 atom stereocenters. The standard InChI is InChI=1S/C32H38F2N4O10/c1-15-19(26(32(47)48)38-25(15)22(16(2)39)31(38)46)14-37(13-5-11-36-30(45)18-7-9-21(41)28(43)24(18)34)12-4-3-10-35-29(44)17-6-8-20(40)27(42)23(17)33/h6-9,15-16,22,25,39-43H,3-5,10-14H2,1-2H3,(H,35,44)(H,36,45)(H,47,48)/t15-,16?,22?,25+/m0/s1. The van der Waals surface area contributed by atoms with Gasteiger partial charge in [0.1, 0.15) is 5.70 Å². The van der Waals surface area contributed by atoms with Crippen LogP contribution in [0.5, 0.6) is 23.0 Å². The van der Waals surface area contributed by atoms with Crippen LogP contribution < -0.4 is 10.6 Å². The Bertz CT molecular complexity index is 1630. The molecule has 4 rings (SSSR count). The molecule has 2 heterocycles. The number of β-lactam (4-membered cyclic amide) rings is 1. The Morgan fingerprint density at radius 2 is 1.38 bits per heavy atom. The number of unbranched alkanes of at least 4 members (excludes halogenated alkanes) is 1. The van der Waals surface area contributed by atoms with Crippen LogP contribution in [0.25, 0.3) is 0 Å². The molecule has 16 heteroatoms. The van der Waals surface area contributed by atoms with Crippen molar-refractivity contribution in [2.45, 2.75) is 45.3 Å². The van der Waals surface area contributed by atoms with E-state index < -0.39 is 87.5 Å². The van der Waals surface area contributed by atoms with Gasteiger partial charge in [0.15, 0.2) is 34.6 Å². The lowest BCUT2D eigenvalue weighted by atomic mass is 9.77. The summed E-state index contributed by atoms with van der Waals surface area (Å²) in [7, 11) is 0. The second-order valence-corrected chi connectivity index (χ2v) is 11.9. The molecule has 14 nitrogen and oxygen atoms in total. The Kier molecular flexibility index (Phi) is 11.1. The van der Waals surface area contributed by atoms with E-state index in [1.165, 1.54) is 11.8 Å². The number of carboxylic acids is 1. The summed E-state index contributed by atoms with van der Waals surface area (Å²) in [6.07, 6.45) is 0.237. The third-order valence-electron chi connectivity index (χ3n) is 8.71. The van der Waals surface area contributed by atoms with Gasteiger partial charge in [0, 0.05) is 32.1 Å². The molecule has 0 spiro atoms. The number of aliphatic carboxylic acids is 1. The van der Waals surface area contributed by atoms with Gasteiger partial charge >= 0.3 is 5.97 Å². The number of carbonyl (C=O) groups excluding carboxylic acids is 3. The monoisotopic (exact) mass is 676 g/mol. The van der Waals surface area contributed by atoms with Crippen LogP contribution in [0.2, 0.25) is 0 Å². The predicted octanol–water partition coefficient (Wildman–Crippen LogP) is 1.62. The summed E-state index contributed by atoms with van der Waals surface area (Å²) >= 11 is 0. The molecule has 3 amide bonds. The maximum atomic E-state index is 14.2. The van der Waals surface area contributed by atoms with Crippen molar-refractivity contribution in [2.24, 2.45) is 11.8 Å². The van der Waals surface area contributed by atoms with Gasteiger partial charge in [-0.25, -0.2) is 13.6 Å². The topological polar surface area (TPSA) is 220 Å². The van der Waals surface area contributed by atoms with Crippen LogP contribution in [-0.4, -0.2) is 109 Å². The summed E-state index contributed by atoms with van der Waals surface area (Å²) in [4.78, 5) is 53.1. The first-order chi connectivity index (χ1) is 22.7. The summed E-state index contributed by atoms with van der Waals surface area (Å²) in [6.45, 7) is 4.28. The van der Waals surface area contributed by atoms with Crippen molar-refractivity contribution >= 4 is 23.7 Å². The molecule has 8 N–H and O–H groups in total. The fourth-order valence-corrected chi connectivity index (χ4v) is 6.18. The first-order valence-electron chi connectivity index (χ1n) is 15.3. The predicted molar refractivity (Wildman–Crippen MR) is 164 cm³/mol. The van der Waals surface area contributed by atoms with Crippen molar-refractivity contribution in [3.8, 4) is 23.0 Å². The zero-order chi connectivity index (χ0) is 35.4. The molecule has 1 saturated heterocycles. The maximum Gasteiger partial charge on any atom is 0.352 e. The second-order valence-electron chi connectivity index (χ2n) is 11.9. The summed E-state index contributed by atoms with van der Waals surface area (Å²) < 4.78 is 28.4. The van der Waals surface area contributed by atoms with E-state index in [1.54, 1.807) is 6.92 Å². The molecular weight excluding hydrogens is 638 g/mol. The number of halogens is 2. The van der Waals surface area contributed by atoms with Crippen LogP contribution in [0.4, 0.5) is 8.78 Å². The van der Waals surface area contributed by atoms with Crippen molar-refractivity contribution in [1.82, 2.24) is 20.4 Å². The van der Waals surface area contributed by atoms with E-state index in [2.05, 4.69) is 10.6 Å². The summed E-state index contributed by atoms with van der Waals surface area (Å²) in [5.74, 6) is -10.5. The number of carboxylic acid groups (broad SMARTS) is 1. The van der Waals surface area contributed by atoms with Crippen molar-refractivity contribution in [3.63, 3.8) is 0 Å². The molecule has 0 aromatic heterocycles. The molecule has 0 saturated carbocycles. The molecule has 1 fully saturated rings. The fourth-order valence-electron chi connectivity index (χ4n) is 6.18. The highest BCUT2D eigenvalue weighted by Crippen LogP contribution is 2.47. The Balaban J connectivity index is 1.40. The van der Waals surface area contributed by atoms with E-state index in [9.17, 15) is 58.6 Å². The Morgan fingerprint density at radius 3 is 1.88 bits per heavy atom. The van der Waals surface area contributed by atoms with Gasteiger partial charge in [-0.15, -0.1) is 0 Å².